The van der Waals surface area contributed by atoms with Gasteiger partial charge in [0.25, 0.3) is 0 Å². The second-order valence-corrected chi connectivity index (χ2v) is 11.1. The van der Waals surface area contributed by atoms with Crippen LogP contribution in [0.15, 0.2) is 121 Å². The summed E-state index contributed by atoms with van der Waals surface area (Å²) >= 11 is 3.50. The molecule has 0 spiro atoms. The Balaban J connectivity index is 0.00000100. The monoisotopic (exact) mass is 1010 g/mol. The Hall–Kier alpha value is -2.88. The summed E-state index contributed by atoms with van der Waals surface area (Å²) in [6.45, 7) is 2.96. The molecule has 1 atom stereocenters. The third-order valence-electron chi connectivity index (χ3n) is 8.06. The van der Waals surface area contributed by atoms with Crippen LogP contribution in [-0.2, 0) is 66.2 Å². The van der Waals surface area contributed by atoms with Gasteiger partial charge in [0.1, 0.15) is 0 Å². The first-order valence-corrected chi connectivity index (χ1v) is 20.1. The maximum absolute atomic E-state index is 6.05. The second-order valence-electron chi connectivity index (χ2n) is 11.1. The van der Waals surface area contributed by atoms with E-state index >= 15 is 0 Å². The Morgan fingerprint density at radius 2 is 1.20 bits per heavy atom. The Labute approximate surface area is 302 Å². The number of rotatable bonds is 8. The Morgan fingerprint density at radius 1 is 0.696 bits per heavy atom. The average Bonchev–Trinajstić information content (AvgIpc) is 3.63. The van der Waals surface area contributed by atoms with Crippen molar-refractivity contribution >= 4 is 46.1 Å². The molecule has 0 saturated carbocycles. The van der Waals surface area contributed by atoms with E-state index in [2.05, 4.69) is 152 Å². The molecule has 2 heterocycles. The van der Waals surface area contributed by atoms with Crippen molar-refractivity contribution in [3.05, 3.63) is 150 Å². The minimum atomic E-state index is 0.113. The van der Waals surface area contributed by atoms with Crippen LogP contribution in [-0.4, -0.2) is 15.2 Å². The Kier molecular flexibility index (Phi) is 12.6. The van der Waals surface area contributed by atoms with Gasteiger partial charge in [-0.3, -0.25) is 0 Å². The Bertz CT molecular complexity index is 1960. The topological polar surface area (TPSA) is 69.7 Å². The van der Waals surface area contributed by atoms with E-state index in [1.165, 1.54) is 33.3 Å². The van der Waals surface area contributed by atoms with Gasteiger partial charge in [-0.05, 0) is 40.8 Å². The summed E-state index contributed by atoms with van der Waals surface area (Å²) in [5.41, 5.74) is 22.4. The normalized spacial score (nSPS) is 14.0. The van der Waals surface area contributed by atoms with Crippen LogP contribution >= 0.6 is 18.4 Å². The zero-order chi connectivity index (χ0) is 32.5. The summed E-state index contributed by atoms with van der Waals surface area (Å²) in [4.78, 5) is 0. The number of nitrogens with zero attached hydrogens (tertiary/aromatic N) is 4. The fraction of sp³-hybridized carbons (Fsp3) is 0.167. The van der Waals surface area contributed by atoms with Gasteiger partial charge < -0.3 is 29.7 Å². The molecule has 6 aromatic rings. The number of nitrogen functional groups attached to an aromatic ring is 1. The van der Waals surface area contributed by atoms with E-state index in [-0.39, 0.29) is 6.04 Å². The molecule has 0 radical (unpaired) electrons. The molecule has 46 heavy (non-hydrogen) atoms. The molecule has 0 aliphatic heterocycles. The molecule has 6 nitrogen and oxygen atoms in total. The van der Waals surface area contributed by atoms with Crippen LogP contribution < -0.4 is 20.6 Å². The van der Waals surface area contributed by atoms with Gasteiger partial charge in [-0.1, -0.05) is 103 Å². The molecule has 1 aliphatic carbocycles. The fourth-order valence-electron chi connectivity index (χ4n) is 5.82. The Morgan fingerprint density at radius 3 is 1.72 bits per heavy atom. The van der Waals surface area contributed by atoms with Gasteiger partial charge in [-0.25, -0.2) is 0 Å². The summed E-state index contributed by atoms with van der Waals surface area (Å²) in [5.74, 6) is 0. The first-order valence-electron chi connectivity index (χ1n) is 14.7. The SMILES string of the molecule is Nc1ccc(C[n+]2[c-]n(Cc3ccccc3Cn3[c-][n+](CC4=CCC(N)C=C4)c4ccccc43)c3ccccc32)cc1.[Cl][Au].[Cl][Au]. The average molecular weight is 1020 g/mol. The van der Waals surface area contributed by atoms with Crippen molar-refractivity contribution < 1.29 is 49.1 Å². The predicted molar refractivity (Wildman–Crippen MR) is 178 cm³/mol. The van der Waals surface area contributed by atoms with E-state index in [4.69, 9.17) is 11.5 Å². The van der Waals surface area contributed by atoms with Crippen LogP contribution in [0, 0.1) is 12.7 Å². The third kappa shape index (κ3) is 8.15. The maximum atomic E-state index is 6.05. The molecule has 0 bridgehead atoms. The van der Waals surface area contributed by atoms with Crippen LogP contribution in [0.5, 0.6) is 0 Å². The standard InChI is InChI=1S/C36H34N6.2Au.2ClH/c37-31-17-13-27(14-18-31)21-39-25-41(35-11-5-3-9-33(35)39)23-29-7-1-2-8-30(29)24-42-26-40(34-10-4-6-12-36(34)42)22-28-15-19-32(38)20-16-28;;;;/h1-19,32H,20-24,37-38H2;;;2*1H/q;2*+1;;/p-2. The van der Waals surface area contributed by atoms with Crippen LogP contribution in [0.1, 0.15) is 23.1 Å². The molecule has 244 valence electrons. The molecule has 1 unspecified atom stereocenters. The number of hydrogen-bond acceptors (Lipinski definition) is 2. The van der Waals surface area contributed by atoms with E-state index in [0.717, 1.165) is 49.3 Å². The fourth-order valence-corrected chi connectivity index (χ4v) is 5.82. The van der Waals surface area contributed by atoms with Gasteiger partial charge >= 0.3 is 58.4 Å². The summed E-state index contributed by atoms with van der Waals surface area (Å²) in [7, 11) is 9.17. The van der Waals surface area contributed by atoms with Crippen molar-refractivity contribution in [1.29, 1.82) is 0 Å². The van der Waals surface area contributed by atoms with Crippen LogP contribution in [0.2, 0.25) is 0 Å². The number of para-hydroxylation sites is 4. The van der Waals surface area contributed by atoms with Gasteiger partial charge in [0.2, 0.25) is 12.7 Å². The van der Waals surface area contributed by atoms with Gasteiger partial charge in [0, 0.05) is 33.8 Å². The molecule has 10 heteroatoms. The number of imidazole rings is 2. The van der Waals surface area contributed by atoms with Crippen molar-refractivity contribution in [3.8, 4) is 0 Å². The molecular formula is C36H34Au2Cl2N6. The summed E-state index contributed by atoms with van der Waals surface area (Å²) in [5, 5.41) is 0. The first-order chi connectivity index (χ1) is 22.6. The minimum absolute atomic E-state index is 0.113. The van der Waals surface area contributed by atoms with Gasteiger partial charge in [-0.15, -0.1) is 0 Å². The number of fused-ring (bicyclic) bond motifs is 2. The van der Waals surface area contributed by atoms with E-state index in [0.29, 0.717) is 0 Å². The van der Waals surface area contributed by atoms with Gasteiger partial charge in [0.15, 0.2) is 0 Å². The number of allylic oxidation sites excluding steroid dienone is 2. The number of aromatic nitrogens is 4. The van der Waals surface area contributed by atoms with Crippen molar-refractivity contribution in [2.24, 2.45) is 5.73 Å². The molecule has 0 amide bonds. The molecule has 2 aromatic heterocycles. The van der Waals surface area contributed by atoms with Crippen molar-refractivity contribution in [2.45, 2.75) is 38.6 Å². The van der Waals surface area contributed by atoms with Crippen molar-refractivity contribution in [3.63, 3.8) is 0 Å². The van der Waals surface area contributed by atoms with E-state index in [9.17, 15) is 0 Å². The number of anilines is 1. The van der Waals surface area contributed by atoms with E-state index < -0.39 is 0 Å². The molecule has 1 aliphatic rings. The molecule has 4 N–H and O–H groups in total. The number of benzene rings is 4. The quantitative estimate of drug-likeness (QED) is 0.0841. The van der Waals surface area contributed by atoms with Crippen LogP contribution in [0.4, 0.5) is 5.69 Å². The van der Waals surface area contributed by atoms with Gasteiger partial charge in [0.05, 0.1) is 26.2 Å². The molecule has 4 aromatic carbocycles. The van der Waals surface area contributed by atoms with Crippen LogP contribution in [0.25, 0.3) is 22.1 Å². The summed E-state index contributed by atoms with van der Waals surface area (Å²) in [6.07, 6.45) is 14.6. The zero-order valence-corrected chi connectivity index (χ0v) is 30.7. The first kappa shape index (κ1) is 34.5. The van der Waals surface area contributed by atoms with Crippen LogP contribution in [0.3, 0.4) is 0 Å². The number of nitrogens with two attached hydrogens (primary N) is 2. The molecule has 0 fully saturated rings. The molecule has 7 rings (SSSR count). The summed E-state index contributed by atoms with van der Waals surface area (Å²) in [6, 6.07) is 33.9. The third-order valence-corrected chi connectivity index (χ3v) is 8.06. The van der Waals surface area contributed by atoms with Crippen molar-refractivity contribution in [2.75, 3.05) is 5.73 Å². The number of hydrogen-bond donors (Lipinski definition) is 2. The molecular weight excluding hydrogens is 981 g/mol. The zero-order valence-electron chi connectivity index (χ0n) is 24.9. The summed E-state index contributed by atoms with van der Waals surface area (Å²) < 4.78 is 8.89. The van der Waals surface area contributed by atoms with E-state index in [1.54, 1.807) is 40.0 Å². The predicted octanol–water partition coefficient (Wildman–Crippen LogP) is 6.09. The van der Waals surface area contributed by atoms with E-state index in [1.807, 2.05) is 12.1 Å². The molecule has 0 saturated heterocycles. The van der Waals surface area contributed by atoms with Gasteiger partial charge in [-0.2, -0.15) is 0 Å². The number of halogens is 2. The van der Waals surface area contributed by atoms with Crippen molar-refractivity contribution in [1.82, 2.24) is 9.13 Å². The second kappa shape index (κ2) is 16.8.